The van der Waals surface area contributed by atoms with E-state index >= 15 is 0 Å². The van der Waals surface area contributed by atoms with Crippen LogP contribution in [-0.2, 0) is 7.05 Å². The number of carbonyl (C=O) groups excluding carboxylic acids is 1. The molecule has 1 fully saturated rings. The number of rotatable bonds is 5. The summed E-state index contributed by atoms with van der Waals surface area (Å²) in [5, 5.41) is 8.03. The van der Waals surface area contributed by atoms with Crippen molar-refractivity contribution in [1.29, 1.82) is 0 Å². The van der Waals surface area contributed by atoms with Crippen LogP contribution in [0.25, 0.3) is 0 Å². The fraction of sp³-hybridized carbons (Fsp3) is 0.267. The molecule has 1 saturated heterocycles. The van der Waals surface area contributed by atoms with Gasteiger partial charge < -0.3 is 4.74 Å². The number of aryl methyl sites for hydroxylation is 1. The second kappa shape index (κ2) is 7.18. The Morgan fingerprint density at radius 1 is 1.57 bits per heavy atom. The molecule has 23 heavy (non-hydrogen) atoms. The van der Waals surface area contributed by atoms with Crippen LogP contribution in [0.2, 0.25) is 0 Å². The smallest absolute Gasteiger partial charge is 0.293 e. The molecule has 0 saturated carbocycles. The molecule has 0 atom stereocenters. The van der Waals surface area contributed by atoms with Crippen LogP contribution < -0.4 is 10.2 Å². The van der Waals surface area contributed by atoms with E-state index in [0.29, 0.717) is 16.3 Å². The van der Waals surface area contributed by atoms with Crippen LogP contribution in [0, 0.1) is 0 Å². The summed E-state index contributed by atoms with van der Waals surface area (Å²) in [6, 6.07) is 7.62. The molecule has 0 spiro atoms. The average Bonchev–Trinajstić information content (AvgIpc) is 2.82. The van der Waals surface area contributed by atoms with Gasteiger partial charge in [-0.25, -0.2) is 5.43 Å². The molecule has 1 amide bonds. The molecule has 0 bridgehead atoms. The third-order valence-electron chi connectivity index (χ3n) is 3.15. The van der Waals surface area contributed by atoms with Crippen molar-refractivity contribution in [1.82, 2.24) is 15.2 Å². The van der Waals surface area contributed by atoms with Crippen molar-refractivity contribution in [3.8, 4) is 5.75 Å². The maximum atomic E-state index is 12.0. The molecule has 2 aromatic rings. The van der Waals surface area contributed by atoms with E-state index in [9.17, 15) is 4.79 Å². The highest BCUT2D eigenvalue weighted by molar-refractivity contribution is 9.10. The summed E-state index contributed by atoms with van der Waals surface area (Å²) in [6.07, 6.45) is 3.59. The van der Waals surface area contributed by atoms with Gasteiger partial charge in [0, 0.05) is 24.8 Å². The minimum Gasteiger partial charge on any atom is -0.489 e. The standard InChI is InChI=1S/C15H15BrN4O2S/c1-20-7-13(16)14(19-20)15(21)18-17-6-10-3-2-4-11(5-10)22-12-8-23-9-12/h2-7,12H,8-9H2,1H3,(H,18,21). The van der Waals surface area contributed by atoms with Crippen molar-refractivity contribution >= 4 is 39.8 Å². The zero-order chi connectivity index (χ0) is 16.2. The molecule has 8 heteroatoms. The van der Waals surface area contributed by atoms with Gasteiger partial charge in [0.15, 0.2) is 5.69 Å². The molecule has 1 aromatic carbocycles. The molecule has 1 aliphatic rings. The van der Waals surface area contributed by atoms with Gasteiger partial charge in [0.1, 0.15) is 11.9 Å². The number of carbonyl (C=O) groups is 1. The normalized spacial score (nSPS) is 14.7. The van der Waals surface area contributed by atoms with Gasteiger partial charge in [-0.15, -0.1) is 0 Å². The van der Waals surface area contributed by atoms with Crippen molar-refractivity contribution in [2.45, 2.75) is 6.10 Å². The van der Waals surface area contributed by atoms with Crippen LogP contribution in [0.1, 0.15) is 16.1 Å². The zero-order valence-electron chi connectivity index (χ0n) is 12.4. The van der Waals surface area contributed by atoms with Crippen molar-refractivity contribution in [3.05, 3.63) is 46.2 Å². The second-order valence-corrected chi connectivity index (χ2v) is 6.98. The number of aromatic nitrogens is 2. The molecular weight excluding hydrogens is 380 g/mol. The third-order valence-corrected chi connectivity index (χ3v) is 4.94. The fourth-order valence-electron chi connectivity index (χ4n) is 1.97. The highest BCUT2D eigenvalue weighted by atomic mass is 79.9. The number of benzene rings is 1. The monoisotopic (exact) mass is 394 g/mol. The SMILES string of the molecule is Cn1cc(Br)c(C(=O)NN=Cc2cccc(OC3CSC3)c2)n1. The Morgan fingerprint density at radius 2 is 2.39 bits per heavy atom. The molecule has 120 valence electrons. The van der Waals surface area contributed by atoms with Crippen molar-refractivity contribution in [2.75, 3.05) is 11.5 Å². The van der Waals surface area contributed by atoms with Crippen LogP contribution in [-0.4, -0.2) is 39.5 Å². The first kappa shape index (κ1) is 16.1. The van der Waals surface area contributed by atoms with Crippen molar-refractivity contribution in [3.63, 3.8) is 0 Å². The van der Waals surface area contributed by atoms with Gasteiger partial charge in [0.25, 0.3) is 5.91 Å². The predicted molar refractivity (Wildman–Crippen MR) is 94.2 cm³/mol. The number of thioether (sulfide) groups is 1. The largest absolute Gasteiger partial charge is 0.489 e. The number of amides is 1. The van der Waals surface area contributed by atoms with Crippen molar-refractivity contribution < 1.29 is 9.53 Å². The number of hydrogen-bond donors (Lipinski definition) is 1. The van der Waals surface area contributed by atoms with Crippen LogP contribution in [0.4, 0.5) is 0 Å². The summed E-state index contributed by atoms with van der Waals surface area (Å²) >= 11 is 5.16. The lowest BCUT2D eigenvalue weighted by Crippen LogP contribution is -2.31. The van der Waals surface area contributed by atoms with E-state index in [4.69, 9.17) is 4.74 Å². The lowest BCUT2D eigenvalue weighted by Gasteiger charge is -2.25. The molecule has 6 nitrogen and oxygen atoms in total. The van der Waals surface area contributed by atoms with Crippen LogP contribution in [0.15, 0.2) is 40.0 Å². The number of halogens is 1. The van der Waals surface area contributed by atoms with E-state index < -0.39 is 0 Å². The fourth-order valence-corrected chi connectivity index (χ4v) is 3.09. The Hall–Kier alpha value is -1.80. The minimum atomic E-state index is -0.368. The van der Waals surface area contributed by atoms with Gasteiger partial charge >= 0.3 is 0 Å². The van der Waals surface area contributed by atoms with E-state index in [1.165, 1.54) is 0 Å². The molecular formula is C15H15BrN4O2S. The quantitative estimate of drug-likeness (QED) is 0.624. The number of nitrogens with one attached hydrogen (secondary N) is 1. The summed E-state index contributed by atoms with van der Waals surface area (Å²) in [4.78, 5) is 12.0. The topological polar surface area (TPSA) is 68.5 Å². The Bertz CT molecular complexity index is 743. The number of nitrogens with zero attached hydrogens (tertiary/aromatic N) is 3. The molecule has 0 aliphatic carbocycles. The van der Waals surface area contributed by atoms with E-state index in [1.807, 2.05) is 36.0 Å². The second-order valence-electron chi connectivity index (χ2n) is 5.05. The lowest BCUT2D eigenvalue weighted by molar-refractivity contribution is 0.0948. The van der Waals surface area contributed by atoms with E-state index in [-0.39, 0.29) is 5.91 Å². The van der Waals surface area contributed by atoms with Gasteiger partial charge in [-0.2, -0.15) is 22.0 Å². The Kier molecular flexibility index (Phi) is 5.02. The van der Waals surface area contributed by atoms with Gasteiger partial charge in [-0.1, -0.05) is 12.1 Å². The maximum Gasteiger partial charge on any atom is 0.293 e. The maximum absolute atomic E-state index is 12.0. The molecule has 1 aliphatic heterocycles. The van der Waals surface area contributed by atoms with Gasteiger partial charge in [-0.3, -0.25) is 9.48 Å². The van der Waals surface area contributed by atoms with Crippen LogP contribution in [0.3, 0.4) is 0 Å². The van der Waals surface area contributed by atoms with Gasteiger partial charge in [-0.05, 0) is 33.6 Å². The molecule has 2 heterocycles. The Balaban J connectivity index is 1.60. The average molecular weight is 395 g/mol. The summed E-state index contributed by atoms with van der Waals surface area (Å²) < 4.78 is 8.00. The van der Waals surface area contributed by atoms with Gasteiger partial charge in [0.2, 0.25) is 0 Å². The minimum absolute atomic E-state index is 0.296. The lowest BCUT2D eigenvalue weighted by atomic mass is 10.2. The van der Waals surface area contributed by atoms with E-state index in [0.717, 1.165) is 22.8 Å². The van der Waals surface area contributed by atoms with Crippen LogP contribution >= 0.6 is 27.7 Å². The number of hydrogen-bond acceptors (Lipinski definition) is 5. The number of ether oxygens (including phenoxy) is 1. The molecule has 3 rings (SSSR count). The third kappa shape index (κ3) is 4.14. The van der Waals surface area contributed by atoms with E-state index in [1.54, 1.807) is 24.1 Å². The highest BCUT2D eigenvalue weighted by Gasteiger charge is 2.19. The molecule has 0 radical (unpaired) electrons. The summed E-state index contributed by atoms with van der Waals surface area (Å²) in [7, 11) is 1.75. The molecule has 1 aromatic heterocycles. The first-order valence-electron chi connectivity index (χ1n) is 6.99. The zero-order valence-corrected chi connectivity index (χ0v) is 14.8. The van der Waals surface area contributed by atoms with Gasteiger partial charge in [0.05, 0.1) is 10.7 Å². The number of hydrazone groups is 1. The molecule has 1 N–H and O–H groups in total. The summed E-state index contributed by atoms with van der Waals surface area (Å²) in [5.74, 6) is 2.52. The van der Waals surface area contributed by atoms with Crippen molar-refractivity contribution in [2.24, 2.45) is 12.1 Å². The molecule has 0 unspecified atom stereocenters. The van der Waals surface area contributed by atoms with E-state index in [2.05, 4.69) is 31.6 Å². The highest BCUT2D eigenvalue weighted by Crippen LogP contribution is 2.24. The summed E-state index contributed by atoms with van der Waals surface area (Å²) in [5.41, 5.74) is 3.62. The Morgan fingerprint density at radius 3 is 3.04 bits per heavy atom. The van der Waals surface area contributed by atoms with Crippen LogP contribution in [0.5, 0.6) is 5.75 Å². The first-order chi connectivity index (χ1) is 11.1. The Labute approximate surface area is 146 Å². The first-order valence-corrected chi connectivity index (χ1v) is 8.93. The summed E-state index contributed by atoms with van der Waals surface area (Å²) in [6.45, 7) is 0. The predicted octanol–water partition coefficient (Wildman–Crippen LogP) is 2.44.